The minimum absolute atomic E-state index is 0.191. The molecule has 2 atom stereocenters. The van der Waals surface area contributed by atoms with Crippen molar-refractivity contribution in [2.45, 2.75) is 70.3 Å². The van der Waals surface area contributed by atoms with Crippen LogP contribution in [-0.2, 0) is 4.79 Å². The van der Waals surface area contributed by atoms with E-state index in [1.807, 2.05) is 0 Å². The molecule has 0 aromatic rings. The molecule has 2 aliphatic heterocycles. The SMILES string of the molecule is O=C(C1CCC2(CC2)CN1O)N1CCC(C2CCCCC2)C1. The van der Waals surface area contributed by atoms with Gasteiger partial charge in [-0.25, -0.2) is 0 Å². The Kier molecular flexibility index (Phi) is 3.93. The van der Waals surface area contributed by atoms with Gasteiger partial charge in [0.1, 0.15) is 6.04 Å². The van der Waals surface area contributed by atoms with Gasteiger partial charge < -0.3 is 10.1 Å². The molecular weight excluding hydrogens is 276 g/mol. The Labute approximate surface area is 133 Å². The van der Waals surface area contributed by atoms with Gasteiger partial charge in [-0.05, 0) is 49.4 Å². The Morgan fingerprint density at radius 3 is 2.41 bits per heavy atom. The summed E-state index contributed by atoms with van der Waals surface area (Å²) in [5, 5.41) is 11.6. The van der Waals surface area contributed by atoms with E-state index < -0.39 is 0 Å². The van der Waals surface area contributed by atoms with Crippen molar-refractivity contribution in [3.8, 4) is 0 Å². The lowest BCUT2D eigenvalue weighted by Crippen LogP contribution is -2.51. The molecule has 2 saturated heterocycles. The lowest BCUT2D eigenvalue weighted by molar-refractivity contribution is -0.179. The van der Waals surface area contributed by atoms with Crippen LogP contribution in [-0.4, -0.2) is 46.8 Å². The van der Waals surface area contributed by atoms with Crippen LogP contribution in [0.5, 0.6) is 0 Å². The topological polar surface area (TPSA) is 43.8 Å². The molecule has 0 bridgehead atoms. The summed E-state index contributed by atoms with van der Waals surface area (Å²) in [5.74, 6) is 1.75. The monoisotopic (exact) mass is 306 g/mol. The van der Waals surface area contributed by atoms with Crippen LogP contribution >= 0.6 is 0 Å². The summed E-state index contributed by atoms with van der Waals surface area (Å²) >= 11 is 0. The molecule has 1 spiro atoms. The Hall–Kier alpha value is -0.610. The van der Waals surface area contributed by atoms with Gasteiger partial charge in [-0.3, -0.25) is 4.79 Å². The Morgan fingerprint density at radius 1 is 0.955 bits per heavy atom. The molecule has 4 heteroatoms. The van der Waals surface area contributed by atoms with Gasteiger partial charge in [0.15, 0.2) is 0 Å². The first-order valence-corrected chi connectivity index (χ1v) is 9.41. The van der Waals surface area contributed by atoms with Gasteiger partial charge in [-0.2, -0.15) is 5.06 Å². The van der Waals surface area contributed by atoms with Gasteiger partial charge in [0, 0.05) is 19.6 Å². The van der Waals surface area contributed by atoms with E-state index in [0.29, 0.717) is 12.0 Å². The fourth-order valence-corrected chi connectivity index (χ4v) is 5.15. The molecule has 2 aliphatic carbocycles. The second-order valence-electron chi connectivity index (χ2n) is 8.38. The molecule has 4 fully saturated rings. The van der Waals surface area contributed by atoms with E-state index >= 15 is 0 Å². The third kappa shape index (κ3) is 2.80. The van der Waals surface area contributed by atoms with Crippen LogP contribution in [0.15, 0.2) is 0 Å². The lowest BCUT2D eigenvalue weighted by Gasteiger charge is -2.36. The highest BCUT2D eigenvalue weighted by atomic mass is 16.5. The number of amides is 1. The molecule has 2 heterocycles. The number of hydrogen-bond donors (Lipinski definition) is 1. The second-order valence-corrected chi connectivity index (χ2v) is 8.38. The van der Waals surface area contributed by atoms with E-state index in [4.69, 9.17) is 0 Å². The quantitative estimate of drug-likeness (QED) is 0.853. The van der Waals surface area contributed by atoms with E-state index in [0.717, 1.165) is 37.8 Å². The van der Waals surface area contributed by atoms with E-state index in [1.54, 1.807) is 0 Å². The van der Waals surface area contributed by atoms with Crippen molar-refractivity contribution < 1.29 is 10.0 Å². The standard InChI is InChI=1S/C18H30N2O2/c21-17(16-6-8-18(9-10-18)13-20(16)22)19-11-7-15(12-19)14-4-2-1-3-5-14/h14-16,22H,1-13H2. The average molecular weight is 306 g/mol. The van der Waals surface area contributed by atoms with Crippen molar-refractivity contribution in [3.63, 3.8) is 0 Å². The smallest absolute Gasteiger partial charge is 0.242 e. The first kappa shape index (κ1) is 14.9. The van der Waals surface area contributed by atoms with Gasteiger partial charge in [0.05, 0.1) is 0 Å². The molecule has 0 radical (unpaired) electrons. The molecular formula is C18H30N2O2. The summed E-state index contributed by atoms with van der Waals surface area (Å²) in [6, 6.07) is -0.267. The summed E-state index contributed by atoms with van der Waals surface area (Å²) in [6.45, 7) is 2.57. The number of rotatable bonds is 2. The van der Waals surface area contributed by atoms with Gasteiger partial charge >= 0.3 is 0 Å². The lowest BCUT2D eigenvalue weighted by atomic mass is 9.79. The highest BCUT2D eigenvalue weighted by Crippen LogP contribution is 2.53. The number of hydroxylamine groups is 2. The normalized spacial score (nSPS) is 36.0. The number of likely N-dealkylation sites (tertiary alicyclic amines) is 1. The maximum atomic E-state index is 12.8. The van der Waals surface area contributed by atoms with Crippen molar-refractivity contribution in [2.24, 2.45) is 17.3 Å². The average Bonchev–Trinajstić information content (AvgIpc) is 3.10. The largest absolute Gasteiger partial charge is 0.341 e. The predicted octanol–water partition coefficient (Wildman–Crippen LogP) is 3.05. The molecule has 2 unspecified atom stereocenters. The predicted molar refractivity (Wildman–Crippen MR) is 84.4 cm³/mol. The van der Waals surface area contributed by atoms with Crippen molar-refractivity contribution >= 4 is 5.91 Å². The third-order valence-corrected chi connectivity index (χ3v) is 6.90. The minimum atomic E-state index is -0.267. The summed E-state index contributed by atoms with van der Waals surface area (Å²) in [5.41, 5.74) is 0.362. The Bertz CT molecular complexity index is 429. The fraction of sp³-hybridized carbons (Fsp3) is 0.944. The van der Waals surface area contributed by atoms with Gasteiger partial charge in [-0.1, -0.05) is 32.1 Å². The number of piperidine rings is 1. The second kappa shape index (κ2) is 5.79. The van der Waals surface area contributed by atoms with Crippen LogP contribution < -0.4 is 0 Å². The molecule has 1 N–H and O–H groups in total. The molecule has 0 aromatic carbocycles. The summed E-state index contributed by atoms with van der Waals surface area (Å²) < 4.78 is 0. The Morgan fingerprint density at radius 2 is 1.73 bits per heavy atom. The molecule has 4 nitrogen and oxygen atoms in total. The van der Waals surface area contributed by atoms with Crippen LogP contribution in [0.4, 0.5) is 0 Å². The van der Waals surface area contributed by atoms with Crippen LogP contribution in [0.2, 0.25) is 0 Å². The summed E-state index contributed by atoms with van der Waals surface area (Å²) in [4.78, 5) is 14.8. The van der Waals surface area contributed by atoms with E-state index in [-0.39, 0.29) is 11.9 Å². The number of nitrogens with zero attached hydrogens (tertiary/aromatic N) is 2. The van der Waals surface area contributed by atoms with Crippen LogP contribution in [0.3, 0.4) is 0 Å². The highest BCUT2D eigenvalue weighted by Gasteiger charge is 2.50. The zero-order valence-electron chi connectivity index (χ0n) is 13.7. The molecule has 2 saturated carbocycles. The highest BCUT2D eigenvalue weighted by molar-refractivity contribution is 5.82. The molecule has 4 aliphatic rings. The molecule has 0 aromatic heterocycles. The van der Waals surface area contributed by atoms with E-state index in [9.17, 15) is 10.0 Å². The number of carbonyl (C=O) groups is 1. The molecule has 1 amide bonds. The summed E-state index contributed by atoms with van der Waals surface area (Å²) in [7, 11) is 0. The zero-order valence-corrected chi connectivity index (χ0v) is 13.7. The first-order chi connectivity index (χ1) is 10.7. The van der Waals surface area contributed by atoms with Crippen molar-refractivity contribution in [1.29, 1.82) is 0 Å². The van der Waals surface area contributed by atoms with E-state index in [1.165, 1.54) is 56.4 Å². The third-order valence-electron chi connectivity index (χ3n) is 6.90. The van der Waals surface area contributed by atoms with Crippen LogP contribution in [0, 0.1) is 17.3 Å². The summed E-state index contributed by atoms with van der Waals surface area (Å²) in [6.07, 6.45) is 12.5. The van der Waals surface area contributed by atoms with E-state index in [2.05, 4.69) is 4.90 Å². The molecule has 22 heavy (non-hydrogen) atoms. The van der Waals surface area contributed by atoms with Gasteiger partial charge in [-0.15, -0.1) is 0 Å². The van der Waals surface area contributed by atoms with Gasteiger partial charge in [0.25, 0.3) is 0 Å². The van der Waals surface area contributed by atoms with Gasteiger partial charge in [0.2, 0.25) is 5.91 Å². The molecule has 124 valence electrons. The number of carbonyl (C=O) groups excluding carboxylic acids is 1. The number of hydrogen-bond acceptors (Lipinski definition) is 3. The van der Waals surface area contributed by atoms with Crippen LogP contribution in [0.25, 0.3) is 0 Å². The van der Waals surface area contributed by atoms with Crippen LogP contribution in [0.1, 0.15) is 64.2 Å². The molecule has 4 rings (SSSR count). The minimum Gasteiger partial charge on any atom is -0.341 e. The van der Waals surface area contributed by atoms with Crippen molar-refractivity contribution in [2.75, 3.05) is 19.6 Å². The Balaban J connectivity index is 1.33. The first-order valence-electron chi connectivity index (χ1n) is 9.41. The van der Waals surface area contributed by atoms with Crippen molar-refractivity contribution in [1.82, 2.24) is 9.96 Å². The fourth-order valence-electron chi connectivity index (χ4n) is 5.15. The zero-order chi connectivity index (χ0) is 15.2. The maximum Gasteiger partial charge on any atom is 0.242 e. The van der Waals surface area contributed by atoms with Crippen molar-refractivity contribution in [3.05, 3.63) is 0 Å². The maximum absolute atomic E-state index is 12.8.